The van der Waals surface area contributed by atoms with Gasteiger partial charge in [0.1, 0.15) is 0 Å². The van der Waals surface area contributed by atoms with Crippen LogP contribution in [0.25, 0.3) is 0 Å². The Labute approximate surface area is 54.8 Å². The molecule has 5 heteroatoms. The average molecular weight is 154 g/mol. The first kappa shape index (κ1) is 11.5. The molecule has 0 aliphatic rings. The molecule has 2 N–H and O–H groups in total. The first-order valence-electron chi connectivity index (χ1n) is 2.37. The maximum atomic E-state index is 9.70. The van der Waals surface area contributed by atoms with Crippen molar-refractivity contribution in [1.82, 2.24) is 0 Å². The average Bonchev–Trinajstić information content (AvgIpc) is 1.68. The molecule has 0 aromatic carbocycles. The summed E-state index contributed by atoms with van der Waals surface area (Å²) in [6, 6.07) is 0. The van der Waals surface area contributed by atoms with Crippen molar-refractivity contribution in [2.24, 2.45) is 5.92 Å². The smallest absolute Gasteiger partial charge is 0.305 e. The molecular formula is C4H11O4P. The molecule has 0 heterocycles. The van der Waals surface area contributed by atoms with Crippen LogP contribution in [0.4, 0.5) is 0 Å². The van der Waals surface area contributed by atoms with Gasteiger partial charge in [-0.2, -0.15) is 0 Å². The molecule has 0 aromatic heterocycles. The zero-order valence-corrected chi connectivity index (χ0v) is 6.52. The fourth-order valence-corrected chi connectivity index (χ4v) is 0. The van der Waals surface area contributed by atoms with Gasteiger partial charge in [-0.05, 0) is 0 Å². The summed E-state index contributed by atoms with van der Waals surface area (Å²) < 4.78 is 8.57. The van der Waals surface area contributed by atoms with E-state index in [1.54, 1.807) is 13.8 Å². The molecule has 56 valence electrons. The monoisotopic (exact) mass is 154 g/mol. The number of carbonyl (C=O) groups is 1. The molecule has 1 atom stereocenters. The van der Waals surface area contributed by atoms with Gasteiger partial charge >= 0.3 is 5.97 Å². The molecule has 0 aliphatic carbocycles. The van der Waals surface area contributed by atoms with E-state index in [0.29, 0.717) is 0 Å². The standard InChI is InChI=1S/C4H8O2.H3O2P/c1-3(2)4(5)6;1-3-2/h3H,1-2H3,(H,5,6);3H2,(H,1,2). The molecule has 0 fully saturated rings. The second-order valence-corrected chi connectivity index (χ2v) is 1.81. The van der Waals surface area contributed by atoms with Crippen molar-refractivity contribution in [2.75, 3.05) is 0 Å². The second-order valence-electron chi connectivity index (χ2n) is 1.60. The van der Waals surface area contributed by atoms with Gasteiger partial charge in [-0.25, -0.2) is 0 Å². The maximum absolute atomic E-state index is 9.70. The largest absolute Gasteiger partial charge is 0.481 e. The van der Waals surface area contributed by atoms with Gasteiger partial charge in [0.25, 0.3) is 0 Å². The van der Waals surface area contributed by atoms with E-state index in [1.165, 1.54) is 0 Å². The molecule has 0 saturated heterocycles. The number of hydrogen-bond acceptors (Lipinski definition) is 2. The molecule has 4 nitrogen and oxygen atoms in total. The highest BCUT2D eigenvalue weighted by Gasteiger charge is 1.99. The SMILES string of the molecule is CC(C)C(=O)O.O=[PH2]O. The Morgan fingerprint density at radius 3 is 1.67 bits per heavy atom. The Hall–Kier alpha value is -0.340. The Kier molecular flexibility index (Phi) is 9.75. The molecule has 0 bridgehead atoms. The van der Waals surface area contributed by atoms with Gasteiger partial charge in [0, 0.05) is 0 Å². The lowest BCUT2D eigenvalue weighted by Crippen LogP contribution is -2.03. The van der Waals surface area contributed by atoms with Crippen LogP contribution in [-0.2, 0) is 9.36 Å². The van der Waals surface area contributed by atoms with Gasteiger partial charge in [-0.15, -0.1) is 0 Å². The van der Waals surface area contributed by atoms with Crippen molar-refractivity contribution < 1.29 is 19.4 Å². The third-order valence-corrected chi connectivity index (χ3v) is 0.494. The van der Waals surface area contributed by atoms with Gasteiger partial charge in [-0.3, -0.25) is 9.36 Å². The molecule has 9 heavy (non-hydrogen) atoms. The van der Waals surface area contributed by atoms with Crippen LogP contribution in [0, 0.1) is 5.92 Å². The summed E-state index contributed by atoms with van der Waals surface area (Å²) in [6.07, 6.45) is 0. The number of aliphatic carboxylic acids is 1. The third kappa shape index (κ3) is 18.3. The Morgan fingerprint density at radius 2 is 1.67 bits per heavy atom. The van der Waals surface area contributed by atoms with Crippen LogP contribution < -0.4 is 0 Å². The van der Waals surface area contributed by atoms with Crippen molar-refractivity contribution in [3.05, 3.63) is 0 Å². The Bertz CT molecular complexity index is 90.6. The van der Waals surface area contributed by atoms with Gasteiger partial charge < -0.3 is 10.00 Å². The van der Waals surface area contributed by atoms with Gasteiger partial charge in [0.05, 0.1) is 5.92 Å². The summed E-state index contributed by atoms with van der Waals surface area (Å²) in [7, 11) is -1.50. The molecule has 0 radical (unpaired) electrons. The molecule has 0 rings (SSSR count). The maximum Gasteiger partial charge on any atom is 0.305 e. The van der Waals surface area contributed by atoms with E-state index in [9.17, 15) is 4.79 Å². The summed E-state index contributed by atoms with van der Waals surface area (Å²) in [5.41, 5.74) is 0. The molecule has 0 amide bonds. The highest BCUT2D eigenvalue weighted by molar-refractivity contribution is 7.16. The minimum atomic E-state index is -1.50. The van der Waals surface area contributed by atoms with Crippen molar-refractivity contribution in [3.8, 4) is 0 Å². The zero-order valence-electron chi connectivity index (χ0n) is 5.37. The topological polar surface area (TPSA) is 74.6 Å². The van der Waals surface area contributed by atoms with E-state index in [-0.39, 0.29) is 5.92 Å². The van der Waals surface area contributed by atoms with E-state index in [2.05, 4.69) is 0 Å². The molecule has 0 aliphatic heterocycles. The van der Waals surface area contributed by atoms with E-state index in [0.717, 1.165) is 0 Å². The molecular weight excluding hydrogens is 143 g/mol. The molecule has 0 saturated carbocycles. The Balaban J connectivity index is 0. The summed E-state index contributed by atoms with van der Waals surface area (Å²) in [4.78, 5) is 16.8. The lowest BCUT2D eigenvalue weighted by Gasteiger charge is -1.89. The number of carboxylic acids is 1. The molecule has 1 unspecified atom stereocenters. The first-order chi connectivity index (χ1) is 4.06. The van der Waals surface area contributed by atoms with E-state index in [1.807, 2.05) is 0 Å². The highest BCUT2D eigenvalue weighted by Crippen LogP contribution is 1.87. The van der Waals surface area contributed by atoms with Gasteiger partial charge in [0.2, 0.25) is 0 Å². The van der Waals surface area contributed by atoms with E-state index < -0.39 is 14.7 Å². The van der Waals surface area contributed by atoms with Crippen molar-refractivity contribution in [2.45, 2.75) is 13.8 Å². The molecule has 0 aromatic rings. The Morgan fingerprint density at radius 1 is 1.56 bits per heavy atom. The molecule has 0 spiro atoms. The van der Waals surface area contributed by atoms with Crippen LogP contribution in [0.2, 0.25) is 0 Å². The third-order valence-electron chi connectivity index (χ3n) is 0.494. The summed E-state index contributed by atoms with van der Waals surface area (Å²) in [6.45, 7) is 3.28. The number of rotatable bonds is 1. The number of carboxylic acid groups (broad SMARTS) is 1. The van der Waals surface area contributed by atoms with Crippen molar-refractivity contribution in [1.29, 1.82) is 0 Å². The van der Waals surface area contributed by atoms with Crippen LogP contribution in [0.15, 0.2) is 0 Å². The van der Waals surface area contributed by atoms with Crippen LogP contribution in [-0.4, -0.2) is 16.0 Å². The van der Waals surface area contributed by atoms with E-state index in [4.69, 9.17) is 14.6 Å². The van der Waals surface area contributed by atoms with Gasteiger partial charge in [-0.1, -0.05) is 13.8 Å². The minimum Gasteiger partial charge on any atom is -0.481 e. The lowest BCUT2D eigenvalue weighted by atomic mass is 10.2. The van der Waals surface area contributed by atoms with Crippen molar-refractivity contribution >= 4 is 14.7 Å². The summed E-state index contributed by atoms with van der Waals surface area (Å²) in [5, 5.41) is 7.99. The van der Waals surface area contributed by atoms with Crippen LogP contribution in [0.5, 0.6) is 0 Å². The van der Waals surface area contributed by atoms with Crippen LogP contribution in [0.1, 0.15) is 13.8 Å². The van der Waals surface area contributed by atoms with Crippen molar-refractivity contribution in [3.63, 3.8) is 0 Å². The normalized spacial score (nSPS) is 9.33. The number of hydrogen-bond donors (Lipinski definition) is 2. The lowest BCUT2D eigenvalue weighted by molar-refractivity contribution is -0.140. The van der Waals surface area contributed by atoms with Crippen LogP contribution in [0.3, 0.4) is 0 Å². The fraction of sp³-hybridized carbons (Fsp3) is 0.750. The summed E-state index contributed by atoms with van der Waals surface area (Å²) in [5.74, 6) is -0.972. The van der Waals surface area contributed by atoms with E-state index >= 15 is 0 Å². The fourth-order valence-electron chi connectivity index (χ4n) is 0. The highest BCUT2D eigenvalue weighted by atomic mass is 31.1. The predicted molar refractivity (Wildman–Crippen MR) is 35.1 cm³/mol. The van der Waals surface area contributed by atoms with Gasteiger partial charge in [0.15, 0.2) is 8.69 Å². The summed E-state index contributed by atoms with van der Waals surface area (Å²) >= 11 is 0. The predicted octanol–water partition coefficient (Wildman–Crippen LogP) is 0.377. The zero-order chi connectivity index (χ0) is 7.86. The first-order valence-corrected chi connectivity index (χ1v) is 3.35. The minimum absolute atomic E-state index is 0.231. The quantitative estimate of drug-likeness (QED) is 0.535. The second kappa shape index (κ2) is 7.66. The van der Waals surface area contributed by atoms with Crippen LogP contribution >= 0.6 is 8.69 Å².